The predicted octanol–water partition coefficient (Wildman–Crippen LogP) is 2.02. The van der Waals surface area contributed by atoms with E-state index in [-0.39, 0.29) is 17.8 Å². The van der Waals surface area contributed by atoms with Crippen molar-refractivity contribution >= 4 is 38.3 Å². The molecule has 128 valence electrons. The van der Waals surface area contributed by atoms with Crippen LogP contribution in [0.3, 0.4) is 0 Å². The maximum Gasteiger partial charge on any atom is 0.270 e. The van der Waals surface area contributed by atoms with Crippen molar-refractivity contribution in [3.05, 3.63) is 56.3 Å². The zero-order valence-corrected chi connectivity index (χ0v) is 14.2. The van der Waals surface area contributed by atoms with Gasteiger partial charge in [0.2, 0.25) is 5.91 Å². The number of nitrogens with one attached hydrogen (secondary N) is 1. The first-order valence-corrected chi connectivity index (χ1v) is 8.04. The fraction of sp³-hybridized carbons (Fsp3) is 0.200. The molecule has 0 aliphatic carbocycles. The molecule has 1 aromatic carbocycles. The summed E-state index contributed by atoms with van der Waals surface area (Å²) in [4.78, 5) is 42.8. The number of amides is 1. The fourth-order valence-electron chi connectivity index (χ4n) is 2.18. The number of hydrogen-bond acceptors (Lipinski definition) is 7. The van der Waals surface area contributed by atoms with Crippen LogP contribution in [0.15, 0.2) is 29.3 Å². The number of anilines is 1. The largest absolute Gasteiger partial charge is 0.300 e. The van der Waals surface area contributed by atoms with Gasteiger partial charge in [0.15, 0.2) is 5.13 Å². The number of carbonyl (C=O) groups is 1. The maximum absolute atomic E-state index is 12.1. The van der Waals surface area contributed by atoms with Gasteiger partial charge in [-0.25, -0.2) is 9.97 Å². The number of thiazole rings is 1. The van der Waals surface area contributed by atoms with Gasteiger partial charge in [0, 0.05) is 23.4 Å². The van der Waals surface area contributed by atoms with E-state index in [4.69, 9.17) is 0 Å². The third-order valence-electron chi connectivity index (χ3n) is 3.66. The number of carbonyl (C=O) groups excluding carboxylic acids is 1. The molecule has 0 saturated heterocycles. The number of nitro groups is 1. The molecule has 10 heteroatoms. The average molecular weight is 359 g/mol. The summed E-state index contributed by atoms with van der Waals surface area (Å²) in [6, 6.07) is 4.28. The van der Waals surface area contributed by atoms with E-state index in [9.17, 15) is 19.7 Å². The van der Waals surface area contributed by atoms with Gasteiger partial charge in [0.25, 0.3) is 11.2 Å². The first-order chi connectivity index (χ1) is 11.8. The van der Waals surface area contributed by atoms with Gasteiger partial charge in [-0.15, -0.1) is 0 Å². The lowest BCUT2D eigenvalue weighted by atomic mass is 10.3. The van der Waals surface area contributed by atoms with E-state index in [1.807, 2.05) is 0 Å². The zero-order chi connectivity index (χ0) is 18.1. The van der Waals surface area contributed by atoms with Gasteiger partial charge in [-0.05, 0) is 19.9 Å². The van der Waals surface area contributed by atoms with Crippen LogP contribution in [0, 0.1) is 24.0 Å². The topological polar surface area (TPSA) is 120 Å². The molecular weight excluding hydrogens is 346 g/mol. The van der Waals surface area contributed by atoms with Crippen LogP contribution in [0.5, 0.6) is 0 Å². The third kappa shape index (κ3) is 3.38. The maximum atomic E-state index is 12.1. The lowest BCUT2D eigenvalue weighted by Crippen LogP contribution is -2.29. The molecule has 1 amide bonds. The highest BCUT2D eigenvalue weighted by Crippen LogP contribution is 2.29. The molecule has 0 atom stereocenters. The molecule has 3 aromatic rings. The Morgan fingerprint density at radius 1 is 1.40 bits per heavy atom. The van der Waals surface area contributed by atoms with E-state index in [0.29, 0.717) is 26.6 Å². The molecule has 0 aliphatic rings. The van der Waals surface area contributed by atoms with Crippen molar-refractivity contribution < 1.29 is 9.72 Å². The molecule has 0 fully saturated rings. The van der Waals surface area contributed by atoms with E-state index in [2.05, 4.69) is 15.3 Å². The summed E-state index contributed by atoms with van der Waals surface area (Å²) in [5.74, 6) is -0.430. The van der Waals surface area contributed by atoms with E-state index in [1.165, 1.54) is 29.1 Å². The fourth-order valence-corrected chi connectivity index (χ4v) is 3.10. The van der Waals surface area contributed by atoms with Crippen molar-refractivity contribution in [3.63, 3.8) is 0 Å². The van der Waals surface area contributed by atoms with Crippen LogP contribution in [-0.2, 0) is 11.3 Å². The van der Waals surface area contributed by atoms with Crippen LogP contribution in [0.2, 0.25) is 0 Å². The number of benzene rings is 1. The smallest absolute Gasteiger partial charge is 0.270 e. The molecule has 2 heterocycles. The number of fused-ring (bicyclic) bond motifs is 1. The van der Waals surface area contributed by atoms with Gasteiger partial charge < -0.3 is 5.32 Å². The molecule has 0 unspecified atom stereocenters. The Balaban J connectivity index is 1.79. The number of aromatic nitrogens is 3. The molecule has 1 N–H and O–H groups in total. The van der Waals surface area contributed by atoms with Crippen LogP contribution in [-0.4, -0.2) is 25.4 Å². The average Bonchev–Trinajstić information content (AvgIpc) is 2.96. The Morgan fingerprint density at radius 2 is 2.16 bits per heavy atom. The molecule has 0 bridgehead atoms. The van der Waals surface area contributed by atoms with Gasteiger partial charge >= 0.3 is 0 Å². The second kappa shape index (κ2) is 6.40. The predicted molar refractivity (Wildman–Crippen MR) is 92.9 cm³/mol. The van der Waals surface area contributed by atoms with Crippen LogP contribution in [0.1, 0.15) is 11.3 Å². The Bertz CT molecular complexity index is 1060. The summed E-state index contributed by atoms with van der Waals surface area (Å²) in [6.07, 6.45) is 1.33. The van der Waals surface area contributed by atoms with Gasteiger partial charge in [-0.1, -0.05) is 11.3 Å². The number of nitro benzene ring substituents is 1. The molecule has 25 heavy (non-hydrogen) atoms. The van der Waals surface area contributed by atoms with Crippen molar-refractivity contribution in [1.29, 1.82) is 0 Å². The van der Waals surface area contributed by atoms with Gasteiger partial charge in [0.1, 0.15) is 6.54 Å². The Morgan fingerprint density at radius 3 is 2.88 bits per heavy atom. The molecule has 3 rings (SSSR count). The summed E-state index contributed by atoms with van der Waals surface area (Å²) >= 11 is 1.13. The molecule has 0 radical (unpaired) electrons. The minimum absolute atomic E-state index is 0.0400. The van der Waals surface area contributed by atoms with Crippen LogP contribution in [0.4, 0.5) is 10.8 Å². The summed E-state index contributed by atoms with van der Waals surface area (Å²) < 4.78 is 1.81. The third-order valence-corrected chi connectivity index (χ3v) is 4.59. The van der Waals surface area contributed by atoms with Crippen molar-refractivity contribution in [1.82, 2.24) is 14.5 Å². The summed E-state index contributed by atoms with van der Waals surface area (Å²) in [5, 5.41) is 13.7. The van der Waals surface area contributed by atoms with Crippen molar-refractivity contribution in [2.75, 3.05) is 5.32 Å². The van der Waals surface area contributed by atoms with Crippen LogP contribution in [0.25, 0.3) is 10.2 Å². The Kier molecular flexibility index (Phi) is 4.28. The molecule has 2 aromatic heterocycles. The lowest BCUT2D eigenvalue weighted by Gasteiger charge is -2.07. The molecular formula is C15H13N5O4S. The highest BCUT2D eigenvalue weighted by atomic mass is 32.1. The second-order valence-electron chi connectivity index (χ2n) is 5.36. The zero-order valence-electron chi connectivity index (χ0n) is 13.3. The summed E-state index contributed by atoms with van der Waals surface area (Å²) in [6.45, 7) is 3.18. The monoisotopic (exact) mass is 359 g/mol. The number of nitrogens with zero attached hydrogens (tertiary/aromatic N) is 4. The second-order valence-corrected chi connectivity index (χ2v) is 6.40. The number of non-ortho nitro benzene ring substituents is 1. The van der Waals surface area contributed by atoms with E-state index in [0.717, 1.165) is 11.3 Å². The molecule has 0 saturated carbocycles. The Hall–Kier alpha value is -3.14. The normalized spacial score (nSPS) is 10.8. The number of rotatable bonds is 4. The SMILES string of the molecule is Cc1ncn(CC(=O)Nc2nc3ccc([N+](=O)[O-])cc3s2)c(=O)c1C. The van der Waals surface area contributed by atoms with Crippen molar-refractivity contribution in [3.8, 4) is 0 Å². The lowest BCUT2D eigenvalue weighted by molar-refractivity contribution is -0.384. The first-order valence-electron chi connectivity index (χ1n) is 7.22. The highest BCUT2D eigenvalue weighted by Gasteiger charge is 2.13. The molecule has 0 aliphatic heterocycles. The molecule has 0 spiro atoms. The van der Waals surface area contributed by atoms with Gasteiger partial charge in [0.05, 0.1) is 21.5 Å². The number of hydrogen-bond donors (Lipinski definition) is 1. The quantitative estimate of drug-likeness (QED) is 0.562. The Labute approximate surface area is 145 Å². The minimum atomic E-state index is -0.490. The minimum Gasteiger partial charge on any atom is -0.300 e. The number of aryl methyl sites for hydroxylation is 1. The van der Waals surface area contributed by atoms with E-state index in [1.54, 1.807) is 13.8 Å². The van der Waals surface area contributed by atoms with E-state index < -0.39 is 10.8 Å². The standard InChI is InChI=1S/C15H13N5O4S/c1-8-9(2)16-7-19(14(8)22)6-13(21)18-15-17-11-4-3-10(20(23)24)5-12(11)25-15/h3-5,7H,6H2,1-2H3,(H,17,18,21). The van der Waals surface area contributed by atoms with Crippen molar-refractivity contribution in [2.24, 2.45) is 0 Å². The highest BCUT2D eigenvalue weighted by molar-refractivity contribution is 7.22. The van der Waals surface area contributed by atoms with Crippen LogP contribution < -0.4 is 10.9 Å². The van der Waals surface area contributed by atoms with Gasteiger partial charge in [-0.3, -0.25) is 24.3 Å². The molecule has 9 nitrogen and oxygen atoms in total. The van der Waals surface area contributed by atoms with Crippen LogP contribution >= 0.6 is 11.3 Å². The van der Waals surface area contributed by atoms with Gasteiger partial charge in [-0.2, -0.15) is 0 Å². The summed E-state index contributed by atoms with van der Waals surface area (Å²) in [7, 11) is 0. The summed E-state index contributed by atoms with van der Waals surface area (Å²) in [5.41, 5.74) is 1.34. The van der Waals surface area contributed by atoms with Crippen molar-refractivity contribution in [2.45, 2.75) is 20.4 Å². The first kappa shape index (κ1) is 16.7. The van der Waals surface area contributed by atoms with E-state index >= 15 is 0 Å².